The highest BCUT2D eigenvalue weighted by Gasteiger charge is 2.30. The van der Waals surface area contributed by atoms with E-state index in [0.29, 0.717) is 34.7 Å². The van der Waals surface area contributed by atoms with Gasteiger partial charge in [0.25, 0.3) is 5.91 Å². The summed E-state index contributed by atoms with van der Waals surface area (Å²) < 4.78 is 5.42. The van der Waals surface area contributed by atoms with Crippen LogP contribution >= 0.6 is 11.6 Å². The van der Waals surface area contributed by atoms with E-state index in [4.69, 9.17) is 16.3 Å². The molecule has 1 aromatic heterocycles. The molecule has 0 saturated carbocycles. The van der Waals surface area contributed by atoms with Crippen LogP contribution in [0, 0.1) is 5.92 Å². The van der Waals surface area contributed by atoms with E-state index >= 15 is 0 Å². The van der Waals surface area contributed by atoms with Crippen molar-refractivity contribution >= 4 is 29.4 Å². The molecule has 192 valence electrons. The topological polar surface area (TPSA) is 108 Å². The van der Waals surface area contributed by atoms with Crippen molar-refractivity contribution < 1.29 is 14.3 Å². The van der Waals surface area contributed by atoms with Gasteiger partial charge in [0.2, 0.25) is 11.9 Å². The van der Waals surface area contributed by atoms with E-state index in [-0.39, 0.29) is 30.4 Å². The van der Waals surface area contributed by atoms with Gasteiger partial charge in [0, 0.05) is 43.0 Å². The Hall–Kier alpha value is -2.75. The lowest BCUT2D eigenvalue weighted by atomic mass is 9.93. The molecule has 10 heteroatoms. The molecule has 2 aromatic rings. The largest absolute Gasteiger partial charge is 0.381 e. The molecule has 1 aromatic carbocycles. The molecule has 0 aliphatic carbocycles. The Balaban J connectivity index is 1.25. The molecule has 9 nitrogen and oxygen atoms in total. The van der Waals surface area contributed by atoms with Gasteiger partial charge in [-0.1, -0.05) is 23.7 Å². The molecule has 0 spiro atoms. The Labute approximate surface area is 216 Å². The molecular formula is C26H33ClN6O3. The summed E-state index contributed by atoms with van der Waals surface area (Å²) in [6, 6.07) is 5.98. The van der Waals surface area contributed by atoms with Crippen LogP contribution in [0.4, 0.5) is 5.95 Å². The minimum absolute atomic E-state index is 0.0424. The zero-order valence-electron chi connectivity index (χ0n) is 20.6. The predicted octanol–water partition coefficient (Wildman–Crippen LogP) is 2.85. The number of nitrogens with one attached hydrogen (secondary N) is 3. The van der Waals surface area contributed by atoms with Crippen LogP contribution in [0.1, 0.15) is 48.5 Å². The van der Waals surface area contributed by atoms with Gasteiger partial charge in [-0.3, -0.25) is 9.59 Å². The Bertz CT molecular complexity index is 1120. The molecule has 5 rings (SSSR count). The average Bonchev–Trinajstić information content (AvgIpc) is 3.20. The first-order valence-electron chi connectivity index (χ1n) is 12.8. The quantitative estimate of drug-likeness (QED) is 0.523. The number of carbonyl (C=O) groups excluding carboxylic acids is 2. The number of fused-ring (bicyclic) bond motifs is 1. The molecule has 3 N–H and O–H groups in total. The van der Waals surface area contributed by atoms with Gasteiger partial charge in [0.05, 0.1) is 16.9 Å². The second-order valence-corrected chi connectivity index (χ2v) is 10.3. The van der Waals surface area contributed by atoms with E-state index in [1.54, 1.807) is 11.1 Å². The van der Waals surface area contributed by atoms with Crippen LogP contribution < -0.4 is 16.0 Å². The number of hydrogen-bond acceptors (Lipinski definition) is 7. The molecule has 2 amide bonds. The number of anilines is 1. The highest BCUT2D eigenvalue weighted by atomic mass is 35.5. The number of piperidine rings is 1. The second-order valence-electron chi connectivity index (χ2n) is 9.92. The molecule has 2 atom stereocenters. The number of benzene rings is 1. The maximum atomic E-state index is 13.2. The fourth-order valence-corrected chi connectivity index (χ4v) is 5.40. The van der Waals surface area contributed by atoms with E-state index in [0.717, 1.165) is 63.1 Å². The van der Waals surface area contributed by atoms with Crippen molar-refractivity contribution in [1.29, 1.82) is 0 Å². The second kappa shape index (κ2) is 11.1. The Kier molecular flexibility index (Phi) is 7.69. The molecule has 0 bridgehead atoms. The zero-order valence-corrected chi connectivity index (χ0v) is 21.3. The first-order valence-corrected chi connectivity index (χ1v) is 13.1. The number of carbonyl (C=O) groups is 2. The summed E-state index contributed by atoms with van der Waals surface area (Å²) in [6.45, 7) is 5.88. The molecule has 1 unspecified atom stereocenters. The summed E-state index contributed by atoms with van der Waals surface area (Å²) in [4.78, 5) is 36.4. The predicted molar refractivity (Wildman–Crippen MR) is 138 cm³/mol. The molecule has 2 saturated heterocycles. The Morgan fingerprint density at radius 2 is 2.14 bits per heavy atom. The number of amides is 2. The lowest BCUT2D eigenvalue weighted by molar-refractivity contribution is -0.122. The number of nitrogens with zero attached hydrogens (tertiary/aromatic N) is 3. The van der Waals surface area contributed by atoms with Crippen LogP contribution in [0.15, 0.2) is 24.4 Å². The van der Waals surface area contributed by atoms with E-state index in [9.17, 15) is 9.59 Å². The van der Waals surface area contributed by atoms with Crippen molar-refractivity contribution in [3.05, 3.63) is 40.5 Å². The van der Waals surface area contributed by atoms with Gasteiger partial charge in [0.1, 0.15) is 6.54 Å². The number of rotatable bonds is 7. The first-order chi connectivity index (χ1) is 17.5. The van der Waals surface area contributed by atoms with Crippen LogP contribution in [0.3, 0.4) is 0 Å². The third-order valence-corrected chi connectivity index (χ3v) is 7.60. The van der Waals surface area contributed by atoms with Crippen LogP contribution in [-0.2, 0) is 16.1 Å². The van der Waals surface area contributed by atoms with Crippen molar-refractivity contribution in [1.82, 2.24) is 25.5 Å². The molecular weight excluding hydrogens is 480 g/mol. The summed E-state index contributed by atoms with van der Waals surface area (Å²) >= 11 is 6.45. The van der Waals surface area contributed by atoms with Gasteiger partial charge in [-0.05, 0) is 63.2 Å². The maximum Gasteiger partial charge on any atom is 0.254 e. The normalized spacial score (nSPS) is 21.2. The van der Waals surface area contributed by atoms with Gasteiger partial charge in [-0.2, -0.15) is 0 Å². The van der Waals surface area contributed by atoms with Gasteiger partial charge in [-0.25, -0.2) is 9.97 Å². The standard InChI is InChI=1S/C26H33ClN6O3/c1-16(18-3-2-8-28-12-18)30-23(34)15-33-14-19-5-4-17(11-21(19)25(33)35)24-22(27)13-29-26(32-24)31-20-6-9-36-10-7-20/h4-5,11,13,16,18,20,28H,2-3,6-10,12,14-15H2,1H3,(H,30,34)(H,29,31,32)/t16-,18?/m1/s1. The molecule has 36 heavy (non-hydrogen) atoms. The van der Waals surface area contributed by atoms with Gasteiger partial charge in [-0.15, -0.1) is 0 Å². The van der Waals surface area contributed by atoms with Crippen molar-refractivity contribution in [2.75, 3.05) is 38.2 Å². The first kappa shape index (κ1) is 24.9. The SMILES string of the molecule is C[C@@H](NC(=O)CN1Cc2ccc(-c3nc(NC4CCOCC4)ncc3Cl)cc2C1=O)C1CCCNC1. The van der Waals surface area contributed by atoms with Gasteiger partial charge >= 0.3 is 0 Å². The summed E-state index contributed by atoms with van der Waals surface area (Å²) in [5, 5.41) is 10.2. The van der Waals surface area contributed by atoms with E-state index in [2.05, 4.69) is 25.9 Å². The van der Waals surface area contributed by atoms with Crippen molar-refractivity contribution in [2.45, 2.75) is 51.2 Å². The smallest absolute Gasteiger partial charge is 0.254 e. The lowest BCUT2D eigenvalue weighted by Gasteiger charge is -2.29. The summed E-state index contributed by atoms with van der Waals surface area (Å²) in [5.74, 6) is 0.644. The summed E-state index contributed by atoms with van der Waals surface area (Å²) in [6.07, 6.45) is 5.60. The zero-order chi connectivity index (χ0) is 25.1. The number of ether oxygens (including phenoxy) is 1. The van der Waals surface area contributed by atoms with Gasteiger partial charge in [0.15, 0.2) is 0 Å². The fourth-order valence-electron chi connectivity index (χ4n) is 5.20. The maximum absolute atomic E-state index is 13.2. The third kappa shape index (κ3) is 5.63. The highest BCUT2D eigenvalue weighted by Crippen LogP contribution is 2.31. The van der Waals surface area contributed by atoms with E-state index < -0.39 is 0 Å². The third-order valence-electron chi connectivity index (χ3n) is 7.33. The van der Waals surface area contributed by atoms with Crippen molar-refractivity contribution in [3.63, 3.8) is 0 Å². The molecule has 3 aliphatic heterocycles. The molecule has 2 fully saturated rings. The minimum atomic E-state index is -0.153. The number of halogens is 1. The van der Waals surface area contributed by atoms with Gasteiger partial charge < -0.3 is 25.6 Å². The van der Waals surface area contributed by atoms with Crippen molar-refractivity contribution in [2.24, 2.45) is 5.92 Å². The number of aromatic nitrogens is 2. The monoisotopic (exact) mass is 512 g/mol. The minimum Gasteiger partial charge on any atom is -0.381 e. The van der Waals surface area contributed by atoms with Crippen LogP contribution in [0.2, 0.25) is 5.02 Å². The van der Waals surface area contributed by atoms with E-state index in [1.165, 1.54) is 0 Å². The Morgan fingerprint density at radius 3 is 2.92 bits per heavy atom. The van der Waals surface area contributed by atoms with Crippen LogP contribution in [-0.4, -0.2) is 71.6 Å². The Morgan fingerprint density at radius 1 is 1.31 bits per heavy atom. The summed E-state index contributed by atoms with van der Waals surface area (Å²) in [5.41, 5.74) is 2.79. The highest BCUT2D eigenvalue weighted by molar-refractivity contribution is 6.33. The lowest BCUT2D eigenvalue weighted by Crippen LogP contribution is -2.47. The van der Waals surface area contributed by atoms with Crippen LogP contribution in [0.25, 0.3) is 11.3 Å². The summed E-state index contributed by atoms with van der Waals surface area (Å²) in [7, 11) is 0. The number of hydrogen-bond donors (Lipinski definition) is 3. The molecule has 0 radical (unpaired) electrons. The van der Waals surface area contributed by atoms with Crippen molar-refractivity contribution in [3.8, 4) is 11.3 Å². The molecule has 3 aliphatic rings. The van der Waals surface area contributed by atoms with Crippen LogP contribution in [0.5, 0.6) is 0 Å². The van der Waals surface area contributed by atoms with E-state index in [1.807, 2.05) is 25.1 Å². The fraction of sp³-hybridized carbons (Fsp3) is 0.538. The average molecular weight is 513 g/mol. The molecule has 4 heterocycles.